The normalized spacial score (nSPS) is 38.6. The number of hydrogen-bond donors (Lipinski definition) is 3. The summed E-state index contributed by atoms with van der Waals surface area (Å²) in [5.74, 6) is -1.81. The topological polar surface area (TPSA) is 131 Å². The maximum Gasteiger partial charge on any atom is 0.303 e. The van der Waals surface area contributed by atoms with E-state index in [1.807, 2.05) is 0 Å². The highest BCUT2D eigenvalue weighted by Gasteiger charge is 2.53. The molecule has 2 saturated heterocycles. The molecule has 2 fully saturated rings. The Kier molecular flexibility index (Phi) is 5.79. The lowest BCUT2D eigenvalue weighted by Crippen LogP contribution is -2.67. The Morgan fingerprint density at radius 3 is 1.42 bits per heavy atom. The third-order valence-corrected chi connectivity index (χ3v) is 4.21. The minimum absolute atomic E-state index is 0.0974. The lowest BCUT2D eigenvalue weighted by Gasteiger charge is -2.44. The highest BCUT2D eigenvalue weighted by Crippen LogP contribution is 2.32. The van der Waals surface area contributed by atoms with Crippen LogP contribution in [0.4, 0.5) is 0 Å². The molecule has 0 aromatic heterocycles. The van der Waals surface area contributed by atoms with Crippen LogP contribution in [0.15, 0.2) is 0 Å². The maximum absolute atomic E-state index is 11.5. The van der Waals surface area contributed by atoms with Gasteiger partial charge in [0.15, 0.2) is 18.3 Å². The van der Waals surface area contributed by atoms with E-state index in [1.165, 1.54) is 20.8 Å². The fraction of sp³-hybridized carbons (Fsp3) is 0.800. The number of aliphatic hydroxyl groups excluding tert-OH is 2. The summed E-state index contributed by atoms with van der Waals surface area (Å²) in [6, 6.07) is -1.11. The van der Waals surface area contributed by atoms with Crippen LogP contribution in [0, 0.1) is 0 Å². The summed E-state index contributed by atoms with van der Waals surface area (Å²) in [6.45, 7) is 3.62. The summed E-state index contributed by atoms with van der Waals surface area (Å²) in [5, 5.41) is 23.2. The van der Waals surface area contributed by atoms with Crippen LogP contribution in [0.5, 0.6) is 0 Å². The molecule has 0 aromatic carbocycles. The van der Waals surface area contributed by atoms with Crippen molar-refractivity contribution in [2.24, 2.45) is 0 Å². The van der Waals surface area contributed by atoms with Gasteiger partial charge in [-0.15, -0.1) is 0 Å². The Morgan fingerprint density at radius 2 is 1.08 bits per heavy atom. The minimum Gasteiger partial charge on any atom is -0.457 e. The average Bonchev–Trinajstić information content (AvgIpc) is 2.56. The lowest BCUT2D eigenvalue weighted by atomic mass is 9.88. The third-order valence-electron chi connectivity index (χ3n) is 4.21. The van der Waals surface area contributed by atoms with Gasteiger partial charge in [0.25, 0.3) is 0 Å². The van der Waals surface area contributed by atoms with Crippen molar-refractivity contribution in [3.8, 4) is 0 Å². The molecule has 2 rings (SSSR count). The Morgan fingerprint density at radius 1 is 0.750 bits per heavy atom. The van der Waals surface area contributed by atoms with Gasteiger partial charge in [0.05, 0.1) is 24.3 Å². The highest BCUT2D eigenvalue weighted by atomic mass is 16.6. The summed E-state index contributed by atoms with van der Waals surface area (Å²) in [7, 11) is 0. The first-order valence-corrected chi connectivity index (χ1v) is 7.83. The first kappa shape index (κ1) is 18.6. The average molecular weight is 345 g/mol. The number of nitrogens with one attached hydrogen (secondary N) is 1. The van der Waals surface area contributed by atoms with E-state index in [2.05, 4.69) is 5.32 Å². The number of fused-ring (bicyclic) bond motifs is 2. The van der Waals surface area contributed by atoms with Gasteiger partial charge in [0.1, 0.15) is 0 Å². The van der Waals surface area contributed by atoms with Gasteiger partial charge in [-0.2, -0.15) is 0 Å². The number of hydrogen-bond acceptors (Lipinski definition) is 9. The Bertz CT molecular complexity index is 474. The van der Waals surface area contributed by atoms with Crippen molar-refractivity contribution < 1.29 is 38.8 Å². The van der Waals surface area contributed by atoms with E-state index in [9.17, 15) is 24.6 Å². The SMILES string of the molecule is CC(=O)OC1[C@@H](OC(C)=O)[C@H]2C[C@@H](O)[C@@H](O)C[C@H](N2)[C@H]1OC(C)=O. The largest absolute Gasteiger partial charge is 0.457 e. The standard InChI is InChI=1S/C15H23NO8/c1-6(17)22-13-9-4-11(20)12(21)5-10(16-9)14(23-7(2)18)15(13)24-8(3)19/h9-16,20-21H,4-5H2,1-3H3/t9-,10+,11-,12+,13+,14-,15?. The van der Waals surface area contributed by atoms with Crippen LogP contribution in [0.2, 0.25) is 0 Å². The first-order chi connectivity index (χ1) is 11.2. The van der Waals surface area contributed by atoms with E-state index in [4.69, 9.17) is 14.2 Å². The van der Waals surface area contributed by atoms with Gasteiger partial charge >= 0.3 is 17.9 Å². The number of carbonyl (C=O) groups excluding carboxylic acids is 3. The van der Waals surface area contributed by atoms with Gasteiger partial charge in [-0.1, -0.05) is 0 Å². The van der Waals surface area contributed by atoms with Crippen molar-refractivity contribution >= 4 is 17.9 Å². The molecule has 0 saturated carbocycles. The number of piperidine rings is 1. The summed E-state index contributed by atoms with van der Waals surface area (Å²) < 4.78 is 15.8. The fourth-order valence-electron chi connectivity index (χ4n) is 3.36. The number of esters is 3. The van der Waals surface area contributed by atoms with Crippen LogP contribution in [-0.2, 0) is 28.6 Å². The quantitative estimate of drug-likeness (QED) is 0.419. The zero-order valence-corrected chi connectivity index (χ0v) is 13.8. The second kappa shape index (κ2) is 7.45. The zero-order valence-electron chi connectivity index (χ0n) is 13.8. The fourth-order valence-corrected chi connectivity index (χ4v) is 3.36. The molecule has 9 heteroatoms. The summed E-state index contributed by atoms with van der Waals surface area (Å²) in [4.78, 5) is 34.4. The van der Waals surface area contributed by atoms with Crippen LogP contribution in [0.3, 0.4) is 0 Å². The lowest BCUT2D eigenvalue weighted by molar-refractivity contribution is -0.197. The van der Waals surface area contributed by atoms with Gasteiger partial charge in [0.2, 0.25) is 0 Å². The molecule has 2 bridgehead atoms. The van der Waals surface area contributed by atoms with Crippen molar-refractivity contribution in [2.75, 3.05) is 0 Å². The molecule has 2 aliphatic rings. The molecule has 24 heavy (non-hydrogen) atoms. The summed E-state index contributed by atoms with van der Waals surface area (Å²) in [6.07, 6.45) is -4.82. The van der Waals surface area contributed by atoms with E-state index in [0.717, 1.165) is 0 Å². The van der Waals surface area contributed by atoms with Gasteiger partial charge in [-0.3, -0.25) is 14.4 Å². The van der Waals surface area contributed by atoms with Crippen molar-refractivity contribution in [3.05, 3.63) is 0 Å². The van der Waals surface area contributed by atoms with E-state index in [1.54, 1.807) is 0 Å². The Hall–Kier alpha value is -1.71. The molecule has 9 nitrogen and oxygen atoms in total. The highest BCUT2D eigenvalue weighted by molar-refractivity contribution is 5.68. The monoisotopic (exact) mass is 345 g/mol. The number of carbonyl (C=O) groups is 3. The molecule has 1 unspecified atom stereocenters. The van der Waals surface area contributed by atoms with Gasteiger partial charge in [-0.25, -0.2) is 0 Å². The molecular weight excluding hydrogens is 322 g/mol. The van der Waals surface area contributed by atoms with Crippen molar-refractivity contribution in [1.29, 1.82) is 0 Å². The van der Waals surface area contributed by atoms with E-state index < -0.39 is 60.5 Å². The number of aliphatic hydroxyl groups is 2. The predicted molar refractivity (Wildman–Crippen MR) is 78.6 cm³/mol. The summed E-state index contributed by atoms with van der Waals surface area (Å²) in [5.41, 5.74) is 0. The van der Waals surface area contributed by atoms with Crippen molar-refractivity contribution in [1.82, 2.24) is 5.32 Å². The number of ether oxygens (including phenoxy) is 3. The molecule has 0 spiro atoms. The second-order valence-electron chi connectivity index (χ2n) is 6.21. The van der Waals surface area contributed by atoms with Crippen LogP contribution in [-0.4, -0.2) is 70.7 Å². The molecule has 0 amide bonds. The smallest absolute Gasteiger partial charge is 0.303 e. The molecule has 2 aliphatic heterocycles. The van der Waals surface area contributed by atoms with Crippen LogP contribution >= 0.6 is 0 Å². The Balaban J connectivity index is 2.39. The maximum atomic E-state index is 11.5. The van der Waals surface area contributed by atoms with E-state index in [0.29, 0.717) is 0 Å². The molecule has 7 atom stereocenters. The minimum atomic E-state index is -1.04. The molecule has 136 valence electrons. The van der Waals surface area contributed by atoms with E-state index in [-0.39, 0.29) is 12.8 Å². The van der Waals surface area contributed by atoms with Crippen molar-refractivity contribution in [2.45, 2.75) is 76.2 Å². The zero-order chi connectivity index (χ0) is 18.0. The van der Waals surface area contributed by atoms with Gasteiger partial charge < -0.3 is 29.7 Å². The molecular formula is C15H23NO8. The van der Waals surface area contributed by atoms with Crippen LogP contribution < -0.4 is 5.32 Å². The van der Waals surface area contributed by atoms with Crippen LogP contribution in [0.25, 0.3) is 0 Å². The molecule has 2 heterocycles. The summed E-state index contributed by atoms with van der Waals surface area (Å²) >= 11 is 0. The second-order valence-corrected chi connectivity index (χ2v) is 6.21. The molecule has 0 aliphatic carbocycles. The molecule has 0 aromatic rings. The van der Waals surface area contributed by atoms with Gasteiger partial charge in [-0.05, 0) is 12.8 Å². The van der Waals surface area contributed by atoms with Gasteiger partial charge in [0, 0.05) is 20.8 Å². The van der Waals surface area contributed by atoms with Crippen LogP contribution in [0.1, 0.15) is 33.6 Å². The molecule has 3 N–H and O–H groups in total. The Labute approximate surface area is 139 Å². The third kappa shape index (κ3) is 4.22. The number of rotatable bonds is 3. The predicted octanol–water partition coefficient (Wildman–Crippen LogP) is -1.36. The van der Waals surface area contributed by atoms with E-state index >= 15 is 0 Å². The van der Waals surface area contributed by atoms with Crippen molar-refractivity contribution in [3.63, 3.8) is 0 Å². The molecule has 0 radical (unpaired) electrons. The first-order valence-electron chi connectivity index (χ1n) is 7.83.